The monoisotopic (exact) mass is 426 g/mol. The third-order valence-electron chi connectivity index (χ3n) is 6.14. The molecule has 8 heteroatoms. The highest BCUT2D eigenvalue weighted by Crippen LogP contribution is 2.48. The normalized spacial score (nSPS) is 16.5. The lowest BCUT2D eigenvalue weighted by Gasteiger charge is -2.40. The maximum atomic E-state index is 10.4. The Labute approximate surface area is 185 Å². The van der Waals surface area contributed by atoms with Gasteiger partial charge in [-0.15, -0.1) is 0 Å². The Balaban J connectivity index is 1.86. The van der Waals surface area contributed by atoms with Crippen molar-refractivity contribution >= 4 is 11.5 Å². The first kappa shape index (κ1) is 19.7. The first-order valence-electron chi connectivity index (χ1n) is 10.2. The molecule has 0 saturated carbocycles. The Hall–Kier alpha value is -4.25. The lowest BCUT2D eigenvalue weighted by molar-refractivity contribution is 0.354. The second-order valence-electron chi connectivity index (χ2n) is 7.72. The predicted octanol–water partition coefficient (Wildman–Crippen LogP) is 2.54. The van der Waals surface area contributed by atoms with Crippen molar-refractivity contribution in [3.05, 3.63) is 82.1 Å². The summed E-state index contributed by atoms with van der Waals surface area (Å²) in [5, 5.41) is 19.1. The number of hydrogen-bond acceptors (Lipinski definition) is 7. The van der Waals surface area contributed by atoms with Crippen molar-refractivity contribution in [2.45, 2.75) is 12.3 Å². The maximum absolute atomic E-state index is 10.4. The quantitative estimate of drug-likeness (QED) is 0.623. The molecular weight excluding hydrogens is 404 g/mol. The number of nitriles is 1. The minimum atomic E-state index is -0.461. The zero-order valence-electron chi connectivity index (χ0n) is 17.8. The zero-order valence-corrected chi connectivity index (χ0v) is 17.8. The summed E-state index contributed by atoms with van der Waals surface area (Å²) in [5.41, 5.74) is 5.00. The van der Waals surface area contributed by atoms with E-state index in [9.17, 15) is 5.26 Å². The number of nitrogens with zero attached hydrogens (tertiary/aromatic N) is 4. The van der Waals surface area contributed by atoms with E-state index in [-0.39, 0.29) is 5.49 Å². The summed E-state index contributed by atoms with van der Waals surface area (Å²) in [6, 6.07) is 16.1. The molecule has 8 nitrogen and oxygen atoms in total. The van der Waals surface area contributed by atoms with E-state index in [2.05, 4.69) is 11.1 Å². The highest BCUT2D eigenvalue weighted by molar-refractivity contribution is 5.91. The summed E-state index contributed by atoms with van der Waals surface area (Å²) in [6.07, 6.45) is 2.18. The van der Waals surface area contributed by atoms with E-state index in [4.69, 9.17) is 20.7 Å². The van der Waals surface area contributed by atoms with E-state index >= 15 is 0 Å². The molecule has 3 heterocycles. The number of aromatic nitrogens is 2. The van der Waals surface area contributed by atoms with E-state index in [0.29, 0.717) is 35.0 Å². The number of nitrogens with one attached hydrogen (secondary N) is 1. The van der Waals surface area contributed by atoms with Crippen LogP contribution in [0.25, 0.3) is 5.70 Å². The van der Waals surface area contributed by atoms with Gasteiger partial charge in [0.2, 0.25) is 0 Å². The molecule has 1 unspecified atom stereocenters. The fraction of sp³-hybridized carbons (Fsp3) is 0.208. The second kappa shape index (κ2) is 7.46. The molecule has 0 saturated heterocycles. The average molecular weight is 426 g/mol. The van der Waals surface area contributed by atoms with Crippen LogP contribution in [0.15, 0.2) is 54.4 Å². The van der Waals surface area contributed by atoms with Gasteiger partial charge in [0.15, 0.2) is 17.0 Å². The average Bonchev–Trinajstić information content (AvgIpc) is 2.84. The van der Waals surface area contributed by atoms with Crippen molar-refractivity contribution in [2.75, 3.05) is 31.5 Å². The molecule has 2 aliphatic heterocycles. The summed E-state index contributed by atoms with van der Waals surface area (Å²) in [4.78, 5) is 6.63. The van der Waals surface area contributed by atoms with Gasteiger partial charge in [0.25, 0.3) is 0 Å². The standard InChI is InChI=1S/C24H22N6O2/c1-31-18-10-15-8-9-29-22(16(15)11-19(18)32-2)17(12-25)20(14-6-4-3-5-7-14)21-23(26)30(27)13-28-24(21)29/h3-7,10-11,13,20,26H,8-9,27H2,1-2H3. The number of ether oxygens (including phenoxy) is 2. The molecule has 0 amide bonds. The van der Waals surface area contributed by atoms with Crippen LogP contribution in [-0.4, -0.2) is 30.4 Å². The third kappa shape index (κ3) is 2.75. The lowest BCUT2D eigenvalue weighted by atomic mass is 9.78. The number of benzene rings is 2. The number of rotatable bonds is 3. The number of methoxy groups -OCH3 is 2. The number of allylic oxidation sites excluding steroid dienone is 1. The van der Waals surface area contributed by atoms with Crippen molar-refractivity contribution in [3.63, 3.8) is 0 Å². The van der Waals surface area contributed by atoms with Crippen LogP contribution in [-0.2, 0) is 6.42 Å². The van der Waals surface area contributed by atoms with Gasteiger partial charge in [-0.3, -0.25) is 5.41 Å². The van der Waals surface area contributed by atoms with Crippen LogP contribution in [0.1, 0.15) is 28.2 Å². The molecule has 0 bridgehead atoms. The van der Waals surface area contributed by atoms with E-state index < -0.39 is 5.92 Å². The fourth-order valence-corrected chi connectivity index (χ4v) is 4.69. The van der Waals surface area contributed by atoms with Gasteiger partial charge >= 0.3 is 0 Å². The number of anilines is 1. The molecule has 1 atom stereocenters. The molecule has 0 spiro atoms. The number of nitrogens with two attached hydrogens (primary N) is 1. The SMILES string of the molecule is COc1cc2c(cc1OC)C1=C(C#N)C(c3ccccc3)c3c(ncn(N)c3=N)N1CC2. The second-order valence-corrected chi connectivity index (χ2v) is 7.72. The molecule has 2 aliphatic rings. The Bertz CT molecular complexity index is 1350. The molecule has 3 N–H and O–H groups in total. The van der Waals surface area contributed by atoms with Gasteiger partial charge in [-0.1, -0.05) is 30.3 Å². The van der Waals surface area contributed by atoms with Gasteiger partial charge < -0.3 is 20.2 Å². The topological polar surface area (TPSA) is 113 Å². The van der Waals surface area contributed by atoms with Crippen LogP contribution in [0.2, 0.25) is 0 Å². The molecule has 32 heavy (non-hydrogen) atoms. The summed E-state index contributed by atoms with van der Waals surface area (Å²) < 4.78 is 12.2. The molecule has 160 valence electrons. The van der Waals surface area contributed by atoms with Crippen LogP contribution in [0, 0.1) is 16.7 Å². The van der Waals surface area contributed by atoms with Crippen molar-refractivity contribution in [1.82, 2.24) is 9.66 Å². The smallest absolute Gasteiger partial charge is 0.161 e. The first-order valence-corrected chi connectivity index (χ1v) is 10.2. The Morgan fingerprint density at radius 1 is 1.16 bits per heavy atom. The molecular formula is C24H22N6O2. The van der Waals surface area contributed by atoms with Gasteiger partial charge in [-0.25, -0.2) is 9.66 Å². The van der Waals surface area contributed by atoms with Crippen LogP contribution in [0.5, 0.6) is 11.5 Å². The van der Waals surface area contributed by atoms with Crippen molar-refractivity contribution in [2.24, 2.45) is 0 Å². The van der Waals surface area contributed by atoms with Crippen LogP contribution < -0.4 is 25.7 Å². The van der Waals surface area contributed by atoms with E-state index in [1.54, 1.807) is 14.2 Å². The predicted molar refractivity (Wildman–Crippen MR) is 120 cm³/mol. The summed E-state index contributed by atoms with van der Waals surface area (Å²) >= 11 is 0. The Morgan fingerprint density at radius 3 is 2.56 bits per heavy atom. The number of nitrogen functional groups attached to an aromatic ring is 1. The lowest BCUT2D eigenvalue weighted by Crippen LogP contribution is -2.41. The summed E-state index contributed by atoms with van der Waals surface area (Å²) in [7, 11) is 3.21. The van der Waals surface area contributed by atoms with E-state index in [1.165, 1.54) is 11.0 Å². The van der Waals surface area contributed by atoms with Crippen molar-refractivity contribution < 1.29 is 9.47 Å². The summed E-state index contributed by atoms with van der Waals surface area (Å²) in [6.45, 7) is 0.624. The highest BCUT2D eigenvalue weighted by Gasteiger charge is 2.39. The molecule has 3 aromatic rings. The van der Waals surface area contributed by atoms with Gasteiger partial charge in [-0.05, 0) is 29.7 Å². The largest absolute Gasteiger partial charge is 0.493 e. The molecule has 2 aromatic carbocycles. The van der Waals surface area contributed by atoms with Crippen LogP contribution in [0.3, 0.4) is 0 Å². The van der Waals surface area contributed by atoms with E-state index in [1.807, 2.05) is 47.4 Å². The minimum Gasteiger partial charge on any atom is -0.493 e. The minimum absolute atomic E-state index is 0.133. The van der Waals surface area contributed by atoms with Gasteiger partial charge in [-0.2, -0.15) is 5.26 Å². The van der Waals surface area contributed by atoms with Gasteiger partial charge in [0.1, 0.15) is 12.1 Å². The highest BCUT2D eigenvalue weighted by atomic mass is 16.5. The fourth-order valence-electron chi connectivity index (χ4n) is 4.69. The first-order chi connectivity index (χ1) is 15.6. The molecule has 1 aromatic heterocycles. The number of fused-ring (bicyclic) bond motifs is 5. The Kier molecular flexibility index (Phi) is 4.59. The van der Waals surface area contributed by atoms with Crippen molar-refractivity contribution in [3.8, 4) is 17.6 Å². The number of hydrogen-bond donors (Lipinski definition) is 2. The molecule has 5 rings (SSSR count). The molecule has 0 fully saturated rings. The Morgan fingerprint density at radius 2 is 1.88 bits per heavy atom. The third-order valence-corrected chi connectivity index (χ3v) is 6.14. The van der Waals surface area contributed by atoms with Crippen molar-refractivity contribution in [1.29, 1.82) is 10.7 Å². The van der Waals surface area contributed by atoms with Gasteiger partial charge in [0, 0.05) is 12.1 Å². The molecule has 0 radical (unpaired) electrons. The summed E-state index contributed by atoms with van der Waals surface area (Å²) in [5.74, 6) is 7.45. The van der Waals surface area contributed by atoms with Crippen LogP contribution in [0.4, 0.5) is 5.82 Å². The van der Waals surface area contributed by atoms with Crippen LogP contribution >= 0.6 is 0 Å². The zero-order chi connectivity index (χ0) is 22.4. The van der Waals surface area contributed by atoms with Gasteiger partial charge in [0.05, 0.1) is 43.0 Å². The molecule has 0 aliphatic carbocycles. The van der Waals surface area contributed by atoms with E-state index in [0.717, 1.165) is 28.8 Å². The maximum Gasteiger partial charge on any atom is 0.161 e.